The van der Waals surface area contributed by atoms with Gasteiger partial charge in [0.15, 0.2) is 0 Å². The molecule has 2 aromatic carbocycles. The molecule has 35 heavy (non-hydrogen) atoms. The van der Waals surface area contributed by atoms with E-state index in [9.17, 15) is 9.59 Å². The highest BCUT2D eigenvalue weighted by Crippen LogP contribution is 2.46. The van der Waals surface area contributed by atoms with Gasteiger partial charge in [0, 0.05) is 23.7 Å². The molecule has 1 heterocycles. The van der Waals surface area contributed by atoms with Crippen LogP contribution < -0.4 is 9.47 Å². The summed E-state index contributed by atoms with van der Waals surface area (Å²) in [6.45, 7) is 7.98. The van der Waals surface area contributed by atoms with E-state index in [2.05, 4.69) is 0 Å². The van der Waals surface area contributed by atoms with E-state index in [1.807, 2.05) is 76.2 Å². The number of rotatable bonds is 7. The van der Waals surface area contributed by atoms with Crippen molar-refractivity contribution in [3.8, 4) is 11.5 Å². The van der Waals surface area contributed by atoms with E-state index in [-0.39, 0.29) is 17.8 Å². The average Bonchev–Trinajstić information content (AvgIpc) is 2.83. The highest BCUT2D eigenvalue weighted by Gasteiger charge is 2.46. The minimum atomic E-state index is -0.485. The second kappa shape index (κ2) is 10.5. The number of carbonyl (C=O) groups is 2. The lowest BCUT2D eigenvalue weighted by atomic mass is 9.66. The van der Waals surface area contributed by atoms with E-state index in [4.69, 9.17) is 19.2 Å². The number of methoxy groups -OCH3 is 1. The first-order chi connectivity index (χ1) is 16.8. The molecule has 1 fully saturated rings. The number of carbonyl (C=O) groups excluding carboxylic acids is 2. The van der Waals surface area contributed by atoms with E-state index in [1.165, 1.54) is 0 Å². The number of esters is 1. The maximum Gasteiger partial charge on any atom is 0.336 e. The molecule has 2 aromatic rings. The summed E-state index contributed by atoms with van der Waals surface area (Å²) in [6.07, 6.45) is 0.797. The zero-order valence-corrected chi connectivity index (χ0v) is 21.0. The molecule has 0 amide bonds. The SMILES string of the molecule is CCOc1ccc([C@@H]2C(C(=O)OC(C)C)=C(C)N=C3C[C@@H](c4ccc(OC)cc4)CC(=O)C32)cc1. The van der Waals surface area contributed by atoms with Gasteiger partial charge in [-0.2, -0.15) is 0 Å². The van der Waals surface area contributed by atoms with Crippen molar-refractivity contribution >= 4 is 17.5 Å². The molecule has 6 nitrogen and oxygen atoms in total. The molecule has 3 atom stereocenters. The highest BCUT2D eigenvalue weighted by molar-refractivity contribution is 6.12. The van der Waals surface area contributed by atoms with E-state index in [1.54, 1.807) is 7.11 Å². The summed E-state index contributed by atoms with van der Waals surface area (Å²) in [5.41, 5.74) is 3.89. The Morgan fingerprint density at radius 1 is 0.971 bits per heavy atom. The molecular weight excluding hydrogens is 442 g/mol. The molecule has 1 aliphatic carbocycles. The van der Waals surface area contributed by atoms with Crippen LogP contribution in [-0.4, -0.2) is 37.3 Å². The zero-order valence-electron chi connectivity index (χ0n) is 21.0. The number of hydrogen-bond acceptors (Lipinski definition) is 6. The average molecular weight is 476 g/mol. The van der Waals surface area contributed by atoms with Gasteiger partial charge >= 0.3 is 5.97 Å². The molecule has 1 unspecified atom stereocenters. The van der Waals surface area contributed by atoms with Crippen molar-refractivity contribution in [1.29, 1.82) is 0 Å². The number of ether oxygens (including phenoxy) is 3. The van der Waals surface area contributed by atoms with Crippen LogP contribution in [0, 0.1) is 5.92 Å². The first-order valence-corrected chi connectivity index (χ1v) is 12.2. The van der Waals surface area contributed by atoms with Gasteiger partial charge in [0.1, 0.15) is 17.3 Å². The topological polar surface area (TPSA) is 74.2 Å². The van der Waals surface area contributed by atoms with Crippen LogP contribution in [0.4, 0.5) is 0 Å². The maximum absolute atomic E-state index is 13.7. The van der Waals surface area contributed by atoms with Crippen molar-refractivity contribution in [3.63, 3.8) is 0 Å². The van der Waals surface area contributed by atoms with Gasteiger partial charge in [-0.1, -0.05) is 24.3 Å². The highest BCUT2D eigenvalue weighted by atomic mass is 16.5. The van der Waals surface area contributed by atoms with Gasteiger partial charge in [0.05, 0.1) is 31.3 Å². The Hall–Kier alpha value is -3.41. The van der Waals surface area contributed by atoms with Gasteiger partial charge in [0.2, 0.25) is 0 Å². The van der Waals surface area contributed by atoms with Crippen LogP contribution in [0.1, 0.15) is 63.5 Å². The monoisotopic (exact) mass is 475 g/mol. The van der Waals surface area contributed by atoms with E-state index in [0.29, 0.717) is 30.7 Å². The Bertz CT molecular complexity index is 1140. The number of hydrogen-bond donors (Lipinski definition) is 0. The lowest BCUT2D eigenvalue weighted by Gasteiger charge is -2.38. The molecule has 0 saturated heterocycles. The molecule has 184 valence electrons. The molecular formula is C29H33NO5. The van der Waals surface area contributed by atoms with Gasteiger partial charge in [-0.25, -0.2) is 4.79 Å². The first-order valence-electron chi connectivity index (χ1n) is 12.2. The van der Waals surface area contributed by atoms with Crippen molar-refractivity contribution in [2.75, 3.05) is 13.7 Å². The minimum Gasteiger partial charge on any atom is -0.497 e. The van der Waals surface area contributed by atoms with Crippen molar-refractivity contribution in [2.45, 2.75) is 58.5 Å². The Labute approximate surface area is 207 Å². The summed E-state index contributed by atoms with van der Waals surface area (Å²) in [5, 5.41) is 0. The summed E-state index contributed by atoms with van der Waals surface area (Å²) in [7, 11) is 1.64. The normalized spacial score (nSPS) is 21.9. The third kappa shape index (κ3) is 5.16. The minimum absolute atomic E-state index is 0.0429. The molecule has 1 aliphatic heterocycles. The zero-order chi connectivity index (χ0) is 25.1. The molecule has 1 saturated carbocycles. The van der Waals surface area contributed by atoms with Crippen LogP contribution in [0.25, 0.3) is 0 Å². The summed E-state index contributed by atoms with van der Waals surface area (Å²) in [5.74, 6) is 0.339. The molecule has 0 radical (unpaired) electrons. The number of aliphatic imine (C=N–C) groups is 1. The molecule has 4 rings (SSSR count). The Morgan fingerprint density at radius 3 is 2.20 bits per heavy atom. The predicted molar refractivity (Wildman–Crippen MR) is 135 cm³/mol. The maximum atomic E-state index is 13.7. The first kappa shape index (κ1) is 24.7. The Morgan fingerprint density at radius 2 is 1.60 bits per heavy atom. The number of nitrogens with zero attached hydrogens (tertiary/aromatic N) is 1. The molecule has 6 heteroatoms. The van der Waals surface area contributed by atoms with Gasteiger partial charge in [-0.05, 0) is 75.4 Å². The molecule has 2 aliphatic rings. The fourth-order valence-corrected chi connectivity index (χ4v) is 5.13. The largest absolute Gasteiger partial charge is 0.497 e. The summed E-state index contributed by atoms with van der Waals surface area (Å²) < 4.78 is 16.5. The predicted octanol–water partition coefficient (Wildman–Crippen LogP) is 5.62. The van der Waals surface area contributed by atoms with Crippen LogP contribution in [-0.2, 0) is 14.3 Å². The molecule has 0 N–H and O–H groups in total. The van der Waals surface area contributed by atoms with Crippen LogP contribution in [0.2, 0.25) is 0 Å². The summed E-state index contributed by atoms with van der Waals surface area (Å²) in [6, 6.07) is 15.5. The van der Waals surface area contributed by atoms with Crippen molar-refractivity contribution in [1.82, 2.24) is 0 Å². The van der Waals surface area contributed by atoms with Crippen molar-refractivity contribution < 1.29 is 23.8 Å². The Balaban J connectivity index is 1.74. The molecule has 0 bridgehead atoms. The number of allylic oxidation sites excluding steroid dienone is 1. The summed E-state index contributed by atoms with van der Waals surface area (Å²) >= 11 is 0. The van der Waals surface area contributed by atoms with Crippen molar-refractivity contribution in [2.24, 2.45) is 10.9 Å². The van der Waals surface area contributed by atoms with Crippen molar-refractivity contribution in [3.05, 3.63) is 70.9 Å². The Kier molecular flexibility index (Phi) is 7.39. The summed E-state index contributed by atoms with van der Waals surface area (Å²) in [4.78, 5) is 31.7. The fourth-order valence-electron chi connectivity index (χ4n) is 5.13. The number of ketones is 1. The number of fused-ring (bicyclic) bond motifs is 1. The fraction of sp³-hybridized carbons (Fsp3) is 0.414. The third-order valence-corrected chi connectivity index (χ3v) is 6.65. The van der Waals surface area contributed by atoms with Crippen LogP contribution in [0.15, 0.2) is 64.8 Å². The number of benzene rings is 2. The van der Waals surface area contributed by atoms with Crippen LogP contribution in [0.3, 0.4) is 0 Å². The smallest absolute Gasteiger partial charge is 0.336 e. The number of Topliss-reactive ketones (excluding diaryl/α,β-unsaturated/α-hetero) is 1. The second-order valence-electron chi connectivity index (χ2n) is 9.36. The van der Waals surface area contributed by atoms with Gasteiger partial charge in [0.25, 0.3) is 0 Å². The quantitative estimate of drug-likeness (QED) is 0.486. The van der Waals surface area contributed by atoms with E-state index < -0.39 is 17.8 Å². The van der Waals surface area contributed by atoms with E-state index in [0.717, 1.165) is 28.3 Å². The van der Waals surface area contributed by atoms with Crippen LogP contribution >= 0.6 is 0 Å². The van der Waals surface area contributed by atoms with Gasteiger partial charge in [-0.3, -0.25) is 9.79 Å². The second-order valence-corrected chi connectivity index (χ2v) is 9.36. The third-order valence-electron chi connectivity index (χ3n) is 6.65. The molecule has 0 spiro atoms. The lowest BCUT2D eigenvalue weighted by molar-refractivity contribution is -0.143. The standard InChI is InChI=1S/C29H33NO5/c1-6-34-23-13-9-20(10-14-23)27-26(29(32)35-17(2)3)18(4)30-24-15-21(16-25(31)28(24)27)19-7-11-22(33-5)12-8-19/h7-14,17,21,27-28H,6,15-16H2,1-5H3/t21-,27-,28?/m1/s1. The van der Waals surface area contributed by atoms with Gasteiger partial charge < -0.3 is 14.2 Å². The lowest BCUT2D eigenvalue weighted by Crippen LogP contribution is -2.41. The molecule has 0 aromatic heterocycles. The van der Waals surface area contributed by atoms with Gasteiger partial charge in [-0.15, -0.1) is 0 Å². The van der Waals surface area contributed by atoms with E-state index >= 15 is 0 Å². The van der Waals surface area contributed by atoms with Crippen LogP contribution in [0.5, 0.6) is 11.5 Å².